The van der Waals surface area contributed by atoms with Crippen LogP contribution in [0.5, 0.6) is 0 Å². The zero-order valence-corrected chi connectivity index (χ0v) is 9.92. The Morgan fingerprint density at radius 2 is 1.82 bits per heavy atom. The molecule has 0 bridgehead atoms. The first kappa shape index (κ1) is 12.7. The van der Waals surface area contributed by atoms with Crippen LogP contribution in [0.2, 0.25) is 0 Å². The van der Waals surface area contributed by atoms with Crippen LogP contribution in [0.15, 0.2) is 33.9 Å². The minimum absolute atomic E-state index is 0.178. The van der Waals surface area contributed by atoms with Crippen molar-refractivity contribution < 1.29 is 4.39 Å². The van der Waals surface area contributed by atoms with Gasteiger partial charge in [-0.25, -0.2) is 4.39 Å². The first-order valence-electron chi connectivity index (χ1n) is 4.29. The van der Waals surface area contributed by atoms with Gasteiger partial charge in [-0.3, -0.25) is 0 Å². The van der Waals surface area contributed by atoms with E-state index in [1.54, 1.807) is 18.2 Å². The summed E-state index contributed by atoms with van der Waals surface area (Å²) in [6, 6.07) is 8.69. The summed E-state index contributed by atoms with van der Waals surface area (Å²) in [6.07, 6.45) is 0. The van der Waals surface area contributed by atoms with Crippen LogP contribution >= 0.6 is 15.9 Å². The van der Waals surface area contributed by atoms with Gasteiger partial charge in [-0.15, -0.1) is 0 Å². The molecule has 17 heavy (non-hydrogen) atoms. The first-order chi connectivity index (χ1) is 8.12. The van der Waals surface area contributed by atoms with Crippen molar-refractivity contribution in [2.45, 2.75) is 0 Å². The zero-order valence-electron chi connectivity index (χ0n) is 8.33. The Labute approximate surface area is 105 Å². The number of rotatable bonds is 2. The predicted octanol–water partition coefficient (Wildman–Crippen LogP) is 2.82. The van der Waals surface area contributed by atoms with Crippen LogP contribution in [0, 0.1) is 39.8 Å². The zero-order chi connectivity index (χ0) is 12.8. The maximum absolute atomic E-state index is 12.8. The minimum atomic E-state index is -0.439. The molecule has 82 valence electrons. The summed E-state index contributed by atoms with van der Waals surface area (Å²) in [5.74, 6) is -0.439. The van der Waals surface area contributed by atoms with Crippen molar-refractivity contribution in [3.8, 4) is 18.2 Å². The number of hydrogen-bond acceptors (Lipinski definition) is 4. The molecular formula is C11H4BrFN4. The van der Waals surface area contributed by atoms with Crippen molar-refractivity contribution >= 4 is 21.6 Å². The van der Waals surface area contributed by atoms with E-state index in [0.717, 1.165) is 0 Å². The summed E-state index contributed by atoms with van der Waals surface area (Å²) in [5.41, 5.74) is -0.114. The molecule has 4 nitrogen and oxygen atoms in total. The van der Waals surface area contributed by atoms with Crippen molar-refractivity contribution in [1.29, 1.82) is 15.8 Å². The van der Waals surface area contributed by atoms with E-state index in [1.807, 2.05) is 0 Å². The molecule has 0 amide bonds. The van der Waals surface area contributed by atoms with Crippen LogP contribution < -0.4 is 5.32 Å². The average molecular weight is 291 g/mol. The van der Waals surface area contributed by atoms with Gasteiger partial charge in [-0.1, -0.05) is 0 Å². The van der Waals surface area contributed by atoms with Gasteiger partial charge in [-0.05, 0) is 34.1 Å². The van der Waals surface area contributed by atoms with Crippen LogP contribution in [0.25, 0.3) is 0 Å². The van der Waals surface area contributed by atoms with Gasteiger partial charge in [0, 0.05) is 4.47 Å². The van der Waals surface area contributed by atoms with Crippen molar-refractivity contribution in [2.24, 2.45) is 0 Å². The lowest BCUT2D eigenvalue weighted by Gasteiger charge is -2.06. The molecule has 0 saturated heterocycles. The third-order valence-corrected chi connectivity index (χ3v) is 2.43. The van der Waals surface area contributed by atoms with E-state index in [1.165, 1.54) is 18.2 Å². The summed E-state index contributed by atoms with van der Waals surface area (Å²) in [7, 11) is 0. The number of nitrogens with one attached hydrogen (secondary N) is 1. The number of nitriles is 3. The molecule has 0 atom stereocenters. The van der Waals surface area contributed by atoms with E-state index in [2.05, 4.69) is 21.2 Å². The van der Waals surface area contributed by atoms with E-state index >= 15 is 0 Å². The van der Waals surface area contributed by atoms with Gasteiger partial charge in [0.2, 0.25) is 0 Å². The molecule has 0 saturated carbocycles. The normalized spacial score (nSPS) is 8.41. The fourth-order valence-electron chi connectivity index (χ4n) is 1.01. The molecule has 0 unspecified atom stereocenters. The predicted molar refractivity (Wildman–Crippen MR) is 61.6 cm³/mol. The van der Waals surface area contributed by atoms with Crippen molar-refractivity contribution in [3.63, 3.8) is 0 Å². The fourth-order valence-corrected chi connectivity index (χ4v) is 1.46. The molecule has 1 aromatic rings. The molecule has 1 N–H and O–H groups in total. The smallest absolute Gasteiger partial charge is 0.163 e. The first-order valence-corrected chi connectivity index (χ1v) is 5.08. The Morgan fingerprint density at radius 1 is 1.18 bits per heavy atom. The lowest BCUT2D eigenvalue weighted by Crippen LogP contribution is -2.01. The number of hydrogen-bond donors (Lipinski definition) is 1. The highest BCUT2D eigenvalue weighted by Crippen LogP contribution is 2.24. The second-order valence-electron chi connectivity index (χ2n) is 2.83. The molecule has 0 heterocycles. The standard InChI is InChI=1S/C11H4BrFN4/c12-9-3-8(13)1-2-10(9)17-11(6-16)7(4-14)5-15/h1-3,17H. The average Bonchev–Trinajstić information content (AvgIpc) is 2.32. The molecule has 0 aliphatic heterocycles. The largest absolute Gasteiger partial charge is 0.344 e. The quantitative estimate of drug-likeness (QED) is 0.849. The van der Waals surface area contributed by atoms with E-state index < -0.39 is 5.82 Å². The van der Waals surface area contributed by atoms with E-state index in [9.17, 15) is 4.39 Å². The minimum Gasteiger partial charge on any atom is -0.344 e. The van der Waals surface area contributed by atoms with Gasteiger partial charge in [0.1, 0.15) is 29.7 Å². The highest BCUT2D eigenvalue weighted by atomic mass is 79.9. The van der Waals surface area contributed by atoms with Crippen LogP contribution in [0.4, 0.5) is 10.1 Å². The highest BCUT2D eigenvalue weighted by Gasteiger charge is 2.08. The van der Waals surface area contributed by atoms with Gasteiger partial charge in [0.25, 0.3) is 0 Å². The molecular weight excluding hydrogens is 287 g/mol. The lowest BCUT2D eigenvalue weighted by molar-refractivity contribution is 0.627. The Kier molecular flexibility index (Phi) is 4.22. The molecule has 0 spiro atoms. The van der Waals surface area contributed by atoms with Gasteiger partial charge >= 0.3 is 0 Å². The molecule has 0 aliphatic carbocycles. The van der Waals surface area contributed by atoms with Crippen molar-refractivity contribution in [3.05, 3.63) is 39.8 Å². The summed E-state index contributed by atoms with van der Waals surface area (Å²) in [6.45, 7) is 0. The van der Waals surface area contributed by atoms with Crippen LogP contribution in [0.1, 0.15) is 0 Å². The van der Waals surface area contributed by atoms with Crippen LogP contribution in [0.3, 0.4) is 0 Å². The number of benzene rings is 1. The van der Waals surface area contributed by atoms with Gasteiger partial charge in [0.05, 0.1) is 5.69 Å². The van der Waals surface area contributed by atoms with E-state index in [4.69, 9.17) is 15.8 Å². The summed E-state index contributed by atoms with van der Waals surface area (Å²) in [5, 5.41) is 28.6. The third-order valence-electron chi connectivity index (χ3n) is 1.78. The topological polar surface area (TPSA) is 83.4 Å². The Hall–Kier alpha value is -2.36. The molecule has 0 radical (unpaired) electrons. The SMILES string of the molecule is N#CC(C#N)=C(C#N)Nc1ccc(F)cc1Br. The Balaban J connectivity index is 3.16. The van der Waals surface area contributed by atoms with Crippen molar-refractivity contribution in [2.75, 3.05) is 5.32 Å². The van der Waals surface area contributed by atoms with Crippen molar-refractivity contribution in [1.82, 2.24) is 0 Å². The number of anilines is 1. The maximum atomic E-state index is 12.8. The Bertz CT molecular complexity index is 585. The van der Waals surface area contributed by atoms with Gasteiger partial charge in [-0.2, -0.15) is 15.8 Å². The molecule has 0 aromatic heterocycles. The summed E-state index contributed by atoms with van der Waals surface area (Å²) < 4.78 is 13.2. The second-order valence-corrected chi connectivity index (χ2v) is 3.69. The van der Waals surface area contributed by atoms with Gasteiger partial charge < -0.3 is 5.32 Å². The summed E-state index contributed by atoms with van der Waals surface area (Å²) >= 11 is 3.10. The summed E-state index contributed by atoms with van der Waals surface area (Å²) in [4.78, 5) is 0. The van der Waals surface area contributed by atoms with E-state index in [0.29, 0.717) is 10.2 Å². The molecule has 0 fully saturated rings. The third kappa shape index (κ3) is 3.04. The monoisotopic (exact) mass is 290 g/mol. The van der Waals surface area contributed by atoms with E-state index in [-0.39, 0.29) is 11.3 Å². The Morgan fingerprint density at radius 3 is 2.29 bits per heavy atom. The van der Waals surface area contributed by atoms with Crippen LogP contribution in [-0.2, 0) is 0 Å². The maximum Gasteiger partial charge on any atom is 0.163 e. The van der Waals surface area contributed by atoms with Gasteiger partial charge in [0.15, 0.2) is 5.57 Å². The molecule has 0 aliphatic rings. The fraction of sp³-hybridized carbons (Fsp3) is 0. The lowest BCUT2D eigenvalue weighted by atomic mass is 10.2. The molecule has 1 aromatic carbocycles. The van der Waals surface area contributed by atoms with Crippen LogP contribution in [-0.4, -0.2) is 0 Å². The number of allylic oxidation sites excluding steroid dienone is 2. The number of halogens is 2. The molecule has 6 heteroatoms. The molecule has 1 rings (SSSR count). The second kappa shape index (κ2) is 5.65. The highest BCUT2D eigenvalue weighted by molar-refractivity contribution is 9.10. The number of nitrogens with zero attached hydrogens (tertiary/aromatic N) is 3.